The number of hydrogen-bond donors (Lipinski definition) is 1. The van der Waals surface area contributed by atoms with Gasteiger partial charge in [0.2, 0.25) is 0 Å². The highest BCUT2D eigenvalue weighted by atomic mass is 79.9. The minimum atomic E-state index is 0.692. The average Bonchev–Trinajstić information content (AvgIpc) is 2.43. The van der Waals surface area contributed by atoms with Gasteiger partial charge in [-0.15, -0.1) is 0 Å². The fourth-order valence-corrected chi connectivity index (χ4v) is 3.24. The molecule has 0 saturated carbocycles. The van der Waals surface area contributed by atoms with Crippen LogP contribution in [-0.2, 0) is 6.54 Å². The van der Waals surface area contributed by atoms with Gasteiger partial charge in [0, 0.05) is 20.8 Å². The Labute approximate surface area is 140 Å². The summed E-state index contributed by atoms with van der Waals surface area (Å²) in [5.41, 5.74) is 2.74. The van der Waals surface area contributed by atoms with E-state index >= 15 is 0 Å². The summed E-state index contributed by atoms with van der Waals surface area (Å²) >= 11 is 5.28. The van der Waals surface area contributed by atoms with Crippen LogP contribution in [0.15, 0.2) is 56.7 Å². The molecule has 0 atom stereocenters. The van der Waals surface area contributed by atoms with Crippen LogP contribution >= 0.6 is 27.7 Å². The smallest absolute Gasteiger partial charge is 0.0208 e. The predicted molar refractivity (Wildman–Crippen MR) is 96.0 cm³/mol. The second-order valence-corrected chi connectivity index (χ2v) is 7.73. The van der Waals surface area contributed by atoms with Gasteiger partial charge >= 0.3 is 0 Å². The van der Waals surface area contributed by atoms with Crippen LogP contribution < -0.4 is 5.32 Å². The number of rotatable bonds is 6. The first-order valence-electron chi connectivity index (χ1n) is 7.28. The third-order valence-corrected chi connectivity index (χ3v) is 4.76. The summed E-state index contributed by atoms with van der Waals surface area (Å²) in [5.74, 6) is 0.692. The molecule has 0 unspecified atom stereocenters. The van der Waals surface area contributed by atoms with Crippen LogP contribution in [-0.4, -0.2) is 6.54 Å². The number of aryl methyl sites for hydroxylation is 1. The molecule has 0 fully saturated rings. The molecule has 112 valence electrons. The lowest BCUT2D eigenvalue weighted by Gasteiger charge is -2.11. The first-order chi connectivity index (χ1) is 10.0. The third kappa shape index (κ3) is 5.50. The van der Waals surface area contributed by atoms with Crippen molar-refractivity contribution >= 4 is 27.7 Å². The fourth-order valence-electron chi connectivity index (χ4n) is 2.06. The molecule has 0 aliphatic heterocycles. The zero-order chi connectivity index (χ0) is 15.2. The SMILES string of the molecule is Cc1cc(Sc2ccc(Br)cc2)ccc1CNCC(C)C. The Morgan fingerprint density at radius 3 is 2.33 bits per heavy atom. The maximum Gasteiger partial charge on any atom is 0.0208 e. The van der Waals surface area contributed by atoms with Crippen molar-refractivity contribution in [1.82, 2.24) is 5.32 Å². The number of halogens is 1. The van der Waals surface area contributed by atoms with E-state index in [0.717, 1.165) is 17.6 Å². The van der Waals surface area contributed by atoms with Crippen molar-refractivity contribution in [3.63, 3.8) is 0 Å². The summed E-state index contributed by atoms with van der Waals surface area (Å²) in [6.45, 7) is 8.68. The molecule has 2 aromatic carbocycles. The van der Waals surface area contributed by atoms with E-state index in [9.17, 15) is 0 Å². The Morgan fingerprint density at radius 1 is 1.05 bits per heavy atom. The molecule has 0 bridgehead atoms. The van der Waals surface area contributed by atoms with Gasteiger partial charge in [0.25, 0.3) is 0 Å². The van der Waals surface area contributed by atoms with Crippen molar-refractivity contribution in [2.24, 2.45) is 5.92 Å². The molecule has 0 radical (unpaired) electrons. The standard InChI is InChI=1S/C18H22BrNS/c1-13(2)11-20-12-15-4-7-18(10-14(15)3)21-17-8-5-16(19)6-9-17/h4-10,13,20H,11-12H2,1-3H3. The molecule has 0 aliphatic carbocycles. The molecule has 1 N–H and O–H groups in total. The monoisotopic (exact) mass is 363 g/mol. The van der Waals surface area contributed by atoms with E-state index in [1.807, 2.05) is 0 Å². The molecule has 0 aromatic heterocycles. The highest BCUT2D eigenvalue weighted by Gasteiger charge is 2.03. The maximum absolute atomic E-state index is 3.51. The number of nitrogens with one attached hydrogen (secondary N) is 1. The van der Waals surface area contributed by atoms with Gasteiger partial charge in [-0.05, 0) is 66.9 Å². The molecule has 3 heteroatoms. The number of benzene rings is 2. The van der Waals surface area contributed by atoms with E-state index in [-0.39, 0.29) is 0 Å². The van der Waals surface area contributed by atoms with E-state index in [4.69, 9.17) is 0 Å². The van der Waals surface area contributed by atoms with Gasteiger partial charge in [0.1, 0.15) is 0 Å². The second kappa shape index (κ2) is 8.02. The second-order valence-electron chi connectivity index (χ2n) is 5.67. The molecule has 1 nitrogen and oxygen atoms in total. The molecular formula is C18H22BrNS. The minimum Gasteiger partial charge on any atom is -0.312 e. The zero-order valence-electron chi connectivity index (χ0n) is 12.8. The number of hydrogen-bond acceptors (Lipinski definition) is 2. The summed E-state index contributed by atoms with van der Waals surface area (Å²) in [7, 11) is 0. The van der Waals surface area contributed by atoms with E-state index in [1.165, 1.54) is 20.9 Å². The lowest BCUT2D eigenvalue weighted by molar-refractivity contribution is 0.551. The lowest BCUT2D eigenvalue weighted by atomic mass is 10.1. The fraction of sp³-hybridized carbons (Fsp3) is 0.333. The van der Waals surface area contributed by atoms with Crippen LogP contribution in [0.4, 0.5) is 0 Å². The van der Waals surface area contributed by atoms with E-state index in [2.05, 4.69) is 84.5 Å². The molecule has 0 heterocycles. The normalized spacial score (nSPS) is 11.1. The third-order valence-electron chi connectivity index (χ3n) is 3.23. The quantitative estimate of drug-likeness (QED) is 0.710. The van der Waals surface area contributed by atoms with Crippen molar-refractivity contribution in [3.8, 4) is 0 Å². The lowest BCUT2D eigenvalue weighted by Crippen LogP contribution is -2.19. The summed E-state index contributed by atoms with van der Waals surface area (Å²) in [6.07, 6.45) is 0. The van der Waals surface area contributed by atoms with E-state index < -0.39 is 0 Å². The summed E-state index contributed by atoms with van der Waals surface area (Å²) in [6, 6.07) is 15.2. The minimum absolute atomic E-state index is 0.692. The van der Waals surface area contributed by atoms with Crippen molar-refractivity contribution in [1.29, 1.82) is 0 Å². The van der Waals surface area contributed by atoms with Gasteiger partial charge in [-0.25, -0.2) is 0 Å². The molecular weight excluding hydrogens is 342 g/mol. The van der Waals surface area contributed by atoms with Crippen molar-refractivity contribution < 1.29 is 0 Å². The summed E-state index contributed by atoms with van der Waals surface area (Å²) in [5, 5.41) is 3.51. The molecule has 21 heavy (non-hydrogen) atoms. The Hall–Kier alpha value is -0.770. The van der Waals surface area contributed by atoms with Crippen LogP contribution in [0.1, 0.15) is 25.0 Å². The van der Waals surface area contributed by atoms with Crippen LogP contribution in [0.25, 0.3) is 0 Å². The first-order valence-corrected chi connectivity index (χ1v) is 8.89. The topological polar surface area (TPSA) is 12.0 Å². The Kier molecular flexibility index (Phi) is 6.34. The van der Waals surface area contributed by atoms with Crippen molar-refractivity contribution in [2.45, 2.75) is 37.1 Å². The Balaban J connectivity index is 1.99. The largest absolute Gasteiger partial charge is 0.312 e. The van der Waals surface area contributed by atoms with Crippen LogP contribution in [0, 0.1) is 12.8 Å². The zero-order valence-corrected chi connectivity index (χ0v) is 15.2. The predicted octanol–water partition coefficient (Wildman–Crippen LogP) is 5.65. The van der Waals surface area contributed by atoms with Gasteiger partial charge in [-0.2, -0.15) is 0 Å². The molecule has 0 spiro atoms. The maximum atomic E-state index is 3.51. The first kappa shape index (κ1) is 16.6. The molecule has 2 rings (SSSR count). The van der Waals surface area contributed by atoms with Crippen molar-refractivity contribution in [3.05, 3.63) is 58.1 Å². The molecule has 0 amide bonds. The summed E-state index contributed by atoms with van der Waals surface area (Å²) < 4.78 is 1.12. The van der Waals surface area contributed by atoms with Gasteiger partial charge in [0.05, 0.1) is 0 Å². The Morgan fingerprint density at radius 2 is 1.71 bits per heavy atom. The summed E-state index contributed by atoms with van der Waals surface area (Å²) in [4.78, 5) is 2.56. The Bertz CT molecular complexity index is 578. The van der Waals surface area contributed by atoms with Crippen molar-refractivity contribution in [2.75, 3.05) is 6.54 Å². The van der Waals surface area contributed by atoms with Gasteiger partial charge in [-0.1, -0.05) is 47.6 Å². The highest BCUT2D eigenvalue weighted by Crippen LogP contribution is 2.29. The van der Waals surface area contributed by atoms with Gasteiger partial charge < -0.3 is 5.32 Å². The van der Waals surface area contributed by atoms with Crippen LogP contribution in [0.5, 0.6) is 0 Å². The van der Waals surface area contributed by atoms with E-state index in [0.29, 0.717) is 5.92 Å². The molecule has 0 saturated heterocycles. The van der Waals surface area contributed by atoms with Gasteiger partial charge in [-0.3, -0.25) is 0 Å². The van der Waals surface area contributed by atoms with Gasteiger partial charge in [0.15, 0.2) is 0 Å². The molecule has 2 aromatic rings. The highest BCUT2D eigenvalue weighted by molar-refractivity contribution is 9.10. The van der Waals surface area contributed by atoms with Crippen LogP contribution in [0.3, 0.4) is 0 Å². The van der Waals surface area contributed by atoms with E-state index in [1.54, 1.807) is 11.8 Å². The molecule has 0 aliphatic rings. The average molecular weight is 364 g/mol. The van der Waals surface area contributed by atoms with Crippen LogP contribution in [0.2, 0.25) is 0 Å².